The summed E-state index contributed by atoms with van der Waals surface area (Å²) in [5.41, 5.74) is -1.05. The summed E-state index contributed by atoms with van der Waals surface area (Å²) in [7, 11) is -7.10. The SMILES string of the molecule is CC1(C)C(NS(=O)(=O)N2CCCC2)C(C)(C)C1NS(=O)(=O)N1CCCC1. The molecule has 3 rings (SSSR count). The lowest BCUT2D eigenvalue weighted by molar-refractivity contribution is -0.0694. The van der Waals surface area contributed by atoms with E-state index in [9.17, 15) is 16.8 Å². The van der Waals surface area contributed by atoms with E-state index < -0.39 is 31.2 Å². The fraction of sp³-hybridized carbons (Fsp3) is 1.00. The number of nitrogens with one attached hydrogen (secondary N) is 2. The summed E-state index contributed by atoms with van der Waals surface area (Å²) in [6.07, 6.45) is 3.54. The van der Waals surface area contributed by atoms with E-state index in [-0.39, 0.29) is 12.1 Å². The Balaban J connectivity index is 1.74. The van der Waals surface area contributed by atoms with Gasteiger partial charge in [-0.3, -0.25) is 0 Å². The van der Waals surface area contributed by atoms with Crippen molar-refractivity contribution in [3.8, 4) is 0 Å². The maximum atomic E-state index is 12.7. The molecule has 3 aliphatic rings. The number of rotatable bonds is 6. The Morgan fingerprint density at radius 3 is 1.19 bits per heavy atom. The van der Waals surface area contributed by atoms with E-state index >= 15 is 0 Å². The zero-order chi connectivity index (χ0) is 19.4. The van der Waals surface area contributed by atoms with E-state index in [2.05, 4.69) is 9.44 Å². The highest BCUT2D eigenvalue weighted by Crippen LogP contribution is 2.54. The summed E-state index contributed by atoms with van der Waals surface area (Å²) in [6, 6.07) is -0.682. The summed E-state index contributed by atoms with van der Waals surface area (Å²) in [5, 5.41) is 0. The Labute approximate surface area is 158 Å². The molecule has 1 saturated carbocycles. The second kappa shape index (κ2) is 6.66. The van der Waals surface area contributed by atoms with Crippen LogP contribution in [0, 0.1) is 10.8 Å². The van der Waals surface area contributed by atoms with Crippen molar-refractivity contribution in [1.29, 1.82) is 0 Å². The number of nitrogens with zero attached hydrogens (tertiary/aromatic N) is 2. The van der Waals surface area contributed by atoms with Crippen LogP contribution in [0.15, 0.2) is 0 Å². The zero-order valence-electron chi connectivity index (χ0n) is 16.2. The van der Waals surface area contributed by atoms with E-state index in [1.54, 1.807) is 0 Å². The molecule has 3 fully saturated rings. The first-order chi connectivity index (χ1) is 11.9. The molecule has 2 heterocycles. The van der Waals surface area contributed by atoms with Crippen molar-refractivity contribution in [2.24, 2.45) is 10.8 Å². The largest absolute Gasteiger partial charge is 0.279 e. The molecular formula is C16H32N4O4S2. The second-order valence-corrected chi connectivity index (χ2v) is 12.4. The molecule has 152 valence electrons. The van der Waals surface area contributed by atoms with Gasteiger partial charge in [-0.25, -0.2) is 0 Å². The van der Waals surface area contributed by atoms with Crippen LogP contribution in [0.1, 0.15) is 53.4 Å². The lowest BCUT2D eigenvalue weighted by Crippen LogP contribution is -2.78. The van der Waals surface area contributed by atoms with Crippen LogP contribution in [-0.2, 0) is 20.4 Å². The maximum absolute atomic E-state index is 12.7. The number of hydrogen-bond donors (Lipinski definition) is 2. The van der Waals surface area contributed by atoms with Crippen LogP contribution in [0.5, 0.6) is 0 Å². The average molecular weight is 409 g/mol. The minimum Gasteiger partial charge on any atom is -0.198 e. The Morgan fingerprint density at radius 2 is 0.923 bits per heavy atom. The summed E-state index contributed by atoms with van der Waals surface area (Å²) >= 11 is 0. The smallest absolute Gasteiger partial charge is 0.198 e. The van der Waals surface area contributed by atoms with E-state index in [1.807, 2.05) is 27.7 Å². The monoisotopic (exact) mass is 408 g/mol. The van der Waals surface area contributed by atoms with Crippen LogP contribution in [0.25, 0.3) is 0 Å². The van der Waals surface area contributed by atoms with Crippen LogP contribution in [0.3, 0.4) is 0 Å². The first-order valence-corrected chi connectivity index (χ1v) is 12.3. The topological polar surface area (TPSA) is 98.8 Å². The van der Waals surface area contributed by atoms with Gasteiger partial charge in [0.2, 0.25) is 0 Å². The average Bonchev–Trinajstić information content (AvgIpc) is 3.22. The zero-order valence-corrected chi connectivity index (χ0v) is 17.8. The highest BCUT2D eigenvalue weighted by Gasteiger charge is 2.64. The molecule has 0 aromatic rings. The first kappa shape index (κ1) is 20.5. The van der Waals surface area contributed by atoms with Gasteiger partial charge in [-0.2, -0.15) is 34.9 Å². The van der Waals surface area contributed by atoms with Crippen molar-refractivity contribution in [2.45, 2.75) is 65.5 Å². The van der Waals surface area contributed by atoms with Gasteiger partial charge in [0.15, 0.2) is 0 Å². The van der Waals surface area contributed by atoms with E-state index in [4.69, 9.17) is 0 Å². The summed E-state index contributed by atoms with van der Waals surface area (Å²) < 4.78 is 59.4. The molecule has 0 aromatic heterocycles. The Hall–Kier alpha value is -0.260. The second-order valence-electron chi connectivity index (χ2n) is 8.97. The minimum atomic E-state index is -3.55. The molecular weight excluding hydrogens is 376 g/mol. The van der Waals surface area contributed by atoms with Crippen LogP contribution < -0.4 is 9.44 Å². The van der Waals surface area contributed by atoms with Gasteiger partial charge in [-0.05, 0) is 36.5 Å². The van der Waals surface area contributed by atoms with Gasteiger partial charge in [0.25, 0.3) is 20.4 Å². The fourth-order valence-electron chi connectivity index (χ4n) is 5.07. The first-order valence-electron chi connectivity index (χ1n) is 9.44. The summed E-state index contributed by atoms with van der Waals surface area (Å²) in [4.78, 5) is 0. The Kier molecular flexibility index (Phi) is 5.25. The molecule has 0 radical (unpaired) electrons. The maximum Gasteiger partial charge on any atom is 0.279 e. The van der Waals surface area contributed by atoms with Crippen molar-refractivity contribution in [1.82, 2.24) is 18.1 Å². The highest BCUT2D eigenvalue weighted by atomic mass is 32.2. The van der Waals surface area contributed by atoms with Crippen molar-refractivity contribution in [3.05, 3.63) is 0 Å². The molecule has 2 N–H and O–H groups in total. The van der Waals surface area contributed by atoms with Gasteiger partial charge in [0.05, 0.1) is 0 Å². The summed E-state index contributed by atoms with van der Waals surface area (Å²) in [5.74, 6) is 0. The molecule has 0 aromatic carbocycles. The van der Waals surface area contributed by atoms with Gasteiger partial charge in [-0.15, -0.1) is 0 Å². The molecule has 8 nitrogen and oxygen atoms in total. The van der Waals surface area contributed by atoms with Crippen LogP contribution in [0.4, 0.5) is 0 Å². The lowest BCUT2D eigenvalue weighted by Gasteiger charge is -2.64. The van der Waals surface area contributed by atoms with E-state index in [0.717, 1.165) is 25.7 Å². The van der Waals surface area contributed by atoms with Crippen molar-refractivity contribution in [2.75, 3.05) is 26.2 Å². The fourth-order valence-corrected chi connectivity index (χ4v) is 8.65. The third-order valence-electron chi connectivity index (χ3n) is 6.32. The molecule has 2 aliphatic heterocycles. The Morgan fingerprint density at radius 1 is 0.654 bits per heavy atom. The third-order valence-corrected chi connectivity index (χ3v) is 9.48. The molecule has 2 saturated heterocycles. The minimum absolute atomic E-state index is 0.341. The standard InChI is InChI=1S/C16H32N4O4S2/c1-15(2)13(17-25(21,22)19-9-5-6-10-19)16(3,4)14(15)18-26(23,24)20-11-7-8-12-20/h13-14,17-18H,5-12H2,1-4H3. The molecule has 26 heavy (non-hydrogen) atoms. The van der Waals surface area contributed by atoms with Gasteiger partial charge >= 0.3 is 0 Å². The Bertz CT molecular complexity index is 660. The van der Waals surface area contributed by atoms with Crippen LogP contribution in [-0.4, -0.2) is 63.7 Å². The normalized spacial score (nSPS) is 32.6. The number of hydrogen-bond acceptors (Lipinski definition) is 4. The molecule has 0 amide bonds. The quantitative estimate of drug-likeness (QED) is 0.674. The predicted molar refractivity (Wildman–Crippen MR) is 101 cm³/mol. The van der Waals surface area contributed by atoms with Crippen molar-refractivity contribution < 1.29 is 16.8 Å². The van der Waals surface area contributed by atoms with Gasteiger partial charge in [0.1, 0.15) is 0 Å². The third kappa shape index (κ3) is 3.44. The molecule has 10 heteroatoms. The van der Waals surface area contributed by atoms with Crippen molar-refractivity contribution in [3.63, 3.8) is 0 Å². The van der Waals surface area contributed by atoms with Gasteiger partial charge < -0.3 is 0 Å². The van der Waals surface area contributed by atoms with Crippen LogP contribution in [0.2, 0.25) is 0 Å². The van der Waals surface area contributed by atoms with Crippen LogP contribution >= 0.6 is 0 Å². The van der Waals surface area contributed by atoms with Gasteiger partial charge in [0, 0.05) is 38.3 Å². The molecule has 0 atom stereocenters. The molecule has 0 bridgehead atoms. The van der Waals surface area contributed by atoms with Gasteiger partial charge in [-0.1, -0.05) is 27.7 Å². The van der Waals surface area contributed by atoms with E-state index in [1.165, 1.54) is 8.61 Å². The molecule has 1 aliphatic carbocycles. The summed E-state index contributed by atoms with van der Waals surface area (Å²) in [6.45, 7) is 9.89. The van der Waals surface area contributed by atoms with Crippen molar-refractivity contribution >= 4 is 20.4 Å². The molecule has 0 spiro atoms. The lowest BCUT2D eigenvalue weighted by atomic mass is 9.49. The highest BCUT2D eigenvalue weighted by molar-refractivity contribution is 7.87. The molecule has 0 unspecified atom stereocenters. The predicted octanol–water partition coefficient (Wildman–Crippen LogP) is 0.650. The van der Waals surface area contributed by atoms with E-state index in [0.29, 0.717) is 26.2 Å².